The molecule has 3 aromatic rings. The van der Waals surface area contributed by atoms with Gasteiger partial charge < -0.3 is 0 Å². The SMILES string of the molecule is c1ccc2c(c1)C1c3ccncc3C2c2ncncc21. The average Bonchev–Trinajstić information content (AvgIpc) is 2.54. The van der Waals surface area contributed by atoms with Crippen LogP contribution in [0.25, 0.3) is 0 Å². The second-order valence-electron chi connectivity index (χ2n) is 5.36. The van der Waals surface area contributed by atoms with Crippen LogP contribution in [0.3, 0.4) is 0 Å². The van der Waals surface area contributed by atoms with Gasteiger partial charge in [-0.1, -0.05) is 24.3 Å². The zero-order chi connectivity index (χ0) is 13.1. The van der Waals surface area contributed by atoms with Crippen LogP contribution in [0.2, 0.25) is 0 Å². The molecule has 0 fully saturated rings. The van der Waals surface area contributed by atoms with E-state index in [0.29, 0.717) is 0 Å². The van der Waals surface area contributed by atoms with E-state index in [0.717, 1.165) is 5.69 Å². The summed E-state index contributed by atoms with van der Waals surface area (Å²) in [4.78, 5) is 13.1. The lowest BCUT2D eigenvalue weighted by atomic mass is 9.63. The van der Waals surface area contributed by atoms with E-state index in [9.17, 15) is 0 Å². The Morgan fingerprint density at radius 1 is 0.700 bits per heavy atom. The van der Waals surface area contributed by atoms with Gasteiger partial charge in [-0.2, -0.15) is 0 Å². The first-order chi connectivity index (χ1) is 9.95. The van der Waals surface area contributed by atoms with Gasteiger partial charge >= 0.3 is 0 Å². The van der Waals surface area contributed by atoms with Crippen molar-refractivity contribution in [2.45, 2.75) is 11.8 Å². The van der Waals surface area contributed by atoms with Crippen LogP contribution in [0.5, 0.6) is 0 Å². The third-order valence-electron chi connectivity index (χ3n) is 4.48. The quantitative estimate of drug-likeness (QED) is 0.428. The largest absolute Gasteiger partial charge is 0.264 e. The third-order valence-corrected chi connectivity index (χ3v) is 4.48. The summed E-state index contributed by atoms with van der Waals surface area (Å²) in [6.07, 6.45) is 7.50. The van der Waals surface area contributed by atoms with Crippen molar-refractivity contribution in [3.8, 4) is 0 Å². The highest BCUT2D eigenvalue weighted by Crippen LogP contribution is 2.54. The number of aromatic nitrogens is 3. The van der Waals surface area contributed by atoms with Gasteiger partial charge in [0, 0.05) is 30.1 Å². The van der Waals surface area contributed by atoms with Crippen LogP contribution >= 0.6 is 0 Å². The standard InChI is InChI=1S/C17H11N3/c1-2-4-11-10(3-1)15-12-5-6-18-7-13(12)16(11)17-14(15)8-19-9-20-17/h1-9,15-16H. The topological polar surface area (TPSA) is 38.7 Å². The number of rotatable bonds is 0. The third kappa shape index (κ3) is 1.09. The molecule has 94 valence electrons. The molecule has 1 aromatic carbocycles. The Bertz CT molecular complexity index is 659. The summed E-state index contributed by atoms with van der Waals surface area (Å²) >= 11 is 0. The summed E-state index contributed by atoms with van der Waals surface area (Å²) in [5.41, 5.74) is 7.79. The minimum Gasteiger partial charge on any atom is -0.264 e. The van der Waals surface area contributed by atoms with Gasteiger partial charge in [0.25, 0.3) is 0 Å². The van der Waals surface area contributed by atoms with Crippen molar-refractivity contribution in [3.63, 3.8) is 0 Å². The summed E-state index contributed by atoms with van der Waals surface area (Å²) in [7, 11) is 0. The highest BCUT2D eigenvalue weighted by molar-refractivity contribution is 5.65. The lowest BCUT2D eigenvalue weighted by Gasteiger charge is -2.40. The lowest BCUT2D eigenvalue weighted by Crippen LogP contribution is -2.28. The molecule has 0 saturated carbocycles. The highest BCUT2D eigenvalue weighted by atomic mass is 14.8. The first-order valence-electron chi connectivity index (χ1n) is 6.77. The maximum atomic E-state index is 4.56. The molecule has 20 heavy (non-hydrogen) atoms. The maximum Gasteiger partial charge on any atom is 0.115 e. The van der Waals surface area contributed by atoms with E-state index in [1.807, 2.05) is 18.6 Å². The van der Waals surface area contributed by atoms with E-state index in [4.69, 9.17) is 0 Å². The Balaban J connectivity index is 1.93. The molecule has 2 unspecified atom stereocenters. The molecule has 3 aliphatic carbocycles. The number of benzene rings is 1. The van der Waals surface area contributed by atoms with Gasteiger partial charge in [-0.15, -0.1) is 0 Å². The molecule has 0 N–H and O–H groups in total. The summed E-state index contributed by atoms with van der Waals surface area (Å²) in [6, 6.07) is 10.8. The summed E-state index contributed by atoms with van der Waals surface area (Å²) < 4.78 is 0. The molecule has 0 radical (unpaired) electrons. The second-order valence-corrected chi connectivity index (χ2v) is 5.36. The van der Waals surface area contributed by atoms with Crippen molar-refractivity contribution in [1.82, 2.24) is 15.0 Å². The van der Waals surface area contributed by atoms with E-state index in [2.05, 4.69) is 45.3 Å². The first kappa shape index (κ1) is 10.3. The van der Waals surface area contributed by atoms with E-state index in [1.165, 1.54) is 27.8 Å². The zero-order valence-corrected chi connectivity index (χ0v) is 10.7. The van der Waals surface area contributed by atoms with Gasteiger partial charge in [-0.25, -0.2) is 9.97 Å². The van der Waals surface area contributed by atoms with Crippen LogP contribution in [-0.4, -0.2) is 15.0 Å². The Morgan fingerprint density at radius 3 is 2.35 bits per heavy atom. The van der Waals surface area contributed by atoms with Crippen LogP contribution in [0.4, 0.5) is 0 Å². The number of hydrogen-bond donors (Lipinski definition) is 0. The fraction of sp³-hybridized carbons (Fsp3) is 0.118. The van der Waals surface area contributed by atoms with E-state index in [1.54, 1.807) is 6.33 Å². The summed E-state index contributed by atoms with van der Waals surface area (Å²) in [5, 5.41) is 0. The second kappa shape index (κ2) is 3.51. The van der Waals surface area contributed by atoms with Gasteiger partial charge in [0.2, 0.25) is 0 Å². The van der Waals surface area contributed by atoms with Gasteiger partial charge in [0.15, 0.2) is 0 Å². The molecule has 2 bridgehead atoms. The predicted molar refractivity (Wildman–Crippen MR) is 74.6 cm³/mol. The van der Waals surface area contributed by atoms with Crippen LogP contribution in [0.15, 0.2) is 55.2 Å². The van der Waals surface area contributed by atoms with Crippen molar-refractivity contribution in [2.75, 3.05) is 0 Å². The molecule has 2 atom stereocenters. The Hall–Kier alpha value is -2.55. The zero-order valence-electron chi connectivity index (χ0n) is 10.7. The molecule has 3 heteroatoms. The molecule has 3 aliphatic rings. The summed E-state index contributed by atoms with van der Waals surface area (Å²) in [6.45, 7) is 0. The van der Waals surface area contributed by atoms with E-state index >= 15 is 0 Å². The van der Waals surface area contributed by atoms with Crippen molar-refractivity contribution in [2.24, 2.45) is 0 Å². The average molecular weight is 257 g/mol. The maximum absolute atomic E-state index is 4.56. The van der Waals surface area contributed by atoms with E-state index in [-0.39, 0.29) is 11.8 Å². The number of pyridine rings is 1. The molecule has 0 aliphatic heterocycles. The van der Waals surface area contributed by atoms with Gasteiger partial charge in [0.1, 0.15) is 6.33 Å². The highest BCUT2D eigenvalue weighted by Gasteiger charge is 2.42. The number of nitrogens with zero attached hydrogens (tertiary/aromatic N) is 3. The van der Waals surface area contributed by atoms with Crippen LogP contribution in [0, 0.1) is 0 Å². The van der Waals surface area contributed by atoms with Crippen LogP contribution in [0.1, 0.15) is 45.3 Å². The number of hydrogen-bond acceptors (Lipinski definition) is 3. The minimum atomic E-state index is 0.206. The Kier molecular flexibility index (Phi) is 1.80. The minimum absolute atomic E-state index is 0.206. The summed E-state index contributed by atoms with van der Waals surface area (Å²) in [5.74, 6) is 0.461. The fourth-order valence-corrected chi connectivity index (χ4v) is 3.74. The molecule has 0 amide bonds. The Morgan fingerprint density at radius 2 is 1.45 bits per heavy atom. The first-order valence-corrected chi connectivity index (χ1v) is 6.77. The molecule has 0 spiro atoms. The molecule has 2 heterocycles. The van der Waals surface area contributed by atoms with Crippen molar-refractivity contribution in [1.29, 1.82) is 0 Å². The molecular formula is C17H11N3. The van der Waals surface area contributed by atoms with Crippen molar-refractivity contribution < 1.29 is 0 Å². The van der Waals surface area contributed by atoms with Gasteiger partial charge in [-0.05, 0) is 28.3 Å². The van der Waals surface area contributed by atoms with E-state index < -0.39 is 0 Å². The molecule has 2 aromatic heterocycles. The Labute approximate surface area is 116 Å². The van der Waals surface area contributed by atoms with Crippen LogP contribution in [-0.2, 0) is 0 Å². The molecule has 3 nitrogen and oxygen atoms in total. The van der Waals surface area contributed by atoms with Crippen LogP contribution < -0.4 is 0 Å². The molecular weight excluding hydrogens is 246 g/mol. The van der Waals surface area contributed by atoms with Gasteiger partial charge in [0.05, 0.1) is 11.6 Å². The monoisotopic (exact) mass is 257 g/mol. The van der Waals surface area contributed by atoms with Gasteiger partial charge in [-0.3, -0.25) is 4.98 Å². The predicted octanol–water partition coefficient (Wildman–Crippen LogP) is 2.86. The molecule has 0 saturated heterocycles. The fourth-order valence-electron chi connectivity index (χ4n) is 3.74. The lowest BCUT2D eigenvalue weighted by molar-refractivity contribution is 0.713. The normalized spacial score (nSPS) is 21.0. The molecule has 6 rings (SSSR count). The van der Waals surface area contributed by atoms with Crippen molar-refractivity contribution in [3.05, 3.63) is 88.8 Å². The smallest absolute Gasteiger partial charge is 0.115 e. The van der Waals surface area contributed by atoms with Crippen molar-refractivity contribution >= 4 is 0 Å².